The fraction of sp³-hybridized carbons (Fsp3) is 0.538. The molecule has 1 fully saturated rings. The van der Waals surface area contributed by atoms with Crippen LogP contribution in [0.4, 0.5) is 8.78 Å². The Labute approximate surface area is 99.5 Å². The lowest BCUT2D eigenvalue weighted by molar-refractivity contribution is -0.0104. The first-order valence-electron chi connectivity index (χ1n) is 5.88. The van der Waals surface area contributed by atoms with E-state index in [0.29, 0.717) is 25.1 Å². The molecule has 0 unspecified atom stereocenters. The summed E-state index contributed by atoms with van der Waals surface area (Å²) in [5.41, 5.74) is -0.0117. The summed E-state index contributed by atoms with van der Waals surface area (Å²) in [6.07, 6.45) is 1.42. The highest BCUT2D eigenvalue weighted by Crippen LogP contribution is 2.23. The summed E-state index contributed by atoms with van der Waals surface area (Å²) in [5, 5.41) is 0. The zero-order valence-corrected chi connectivity index (χ0v) is 9.57. The third-order valence-electron chi connectivity index (χ3n) is 2.87. The van der Waals surface area contributed by atoms with Gasteiger partial charge in [0.25, 0.3) is 6.43 Å². The Balaban J connectivity index is 1.72. The lowest BCUT2D eigenvalue weighted by Crippen LogP contribution is -2.23. The molecule has 17 heavy (non-hydrogen) atoms. The van der Waals surface area contributed by atoms with Gasteiger partial charge in [0.2, 0.25) is 0 Å². The van der Waals surface area contributed by atoms with Crippen molar-refractivity contribution in [3.05, 3.63) is 29.8 Å². The largest absolute Gasteiger partial charge is 0.491 e. The Morgan fingerprint density at radius 3 is 2.71 bits per heavy atom. The molecule has 0 N–H and O–H groups in total. The molecule has 2 nitrogen and oxygen atoms in total. The molecule has 1 saturated carbocycles. The van der Waals surface area contributed by atoms with Crippen molar-refractivity contribution in [2.24, 2.45) is 0 Å². The highest BCUT2D eigenvalue weighted by Gasteiger charge is 2.17. The summed E-state index contributed by atoms with van der Waals surface area (Å²) in [4.78, 5) is 0. The number of ether oxygens (including phenoxy) is 2. The lowest BCUT2D eigenvalue weighted by atomic mass is 9.96. The van der Waals surface area contributed by atoms with Gasteiger partial charge in [-0.25, -0.2) is 8.78 Å². The topological polar surface area (TPSA) is 18.5 Å². The molecule has 0 aromatic heterocycles. The lowest BCUT2D eigenvalue weighted by Gasteiger charge is -2.25. The average Bonchev–Trinajstić information content (AvgIpc) is 2.27. The monoisotopic (exact) mass is 242 g/mol. The number of hydrogen-bond donors (Lipinski definition) is 0. The van der Waals surface area contributed by atoms with E-state index >= 15 is 0 Å². The molecule has 0 saturated heterocycles. The number of rotatable bonds is 6. The van der Waals surface area contributed by atoms with Crippen LogP contribution in [0.15, 0.2) is 24.3 Å². The minimum atomic E-state index is -2.45. The van der Waals surface area contributed by atoms with E-state index in [4.69, 9.17) is 9.47 Å². The molecule has 0 atom stereocenters. The predicted molar refractivity (Wildman–Crippen MR) is 60.5 cm³/mol. The maximum atomic E-state index is 12.4. The maximum absolute atomic E-state index is 12.4. The minimum absolute atomic E-state index is 0.0117. The highest BCUT2D eigenvalue weighted by atomic mass is 19.3. The number of hydrogen-bond acceptors (Lipinski definition) is 2. The minimum Gasteiger partial charge on any atom is -0.491 e. The summed E-state index contributed by atoms with van der Waals surface area (Å²) in [5.74, 6) is 0.472. The van der Waals surface area contributed by atoms with E-state index in [2.05, 4.69) is 0 Å². The van der Waals surface area contributed by atoms with E-state index in [1.165, 1.54) is 18.6 Å². The fourth-order valence-corrected chi connectivity index (χ4v) is 1.65. The number of benzene rings is 1. The maximum Gasteiger partial charge on any atom is 0.263 e. The number of alkyl halides is 2. The van der Waals surface area contributed by atoms with Crippen LogP contribution in [-0.2, 0) is 4.74 Å². The normalized spacial score (nSPS) is 15.9. The molecule has 1 aromatic rings. The molecule has 0 radical (unpaired) electrons. The summed E-state index contributed by atoms with van der Waals surface area (Å²) in [7, 11) is 0. The van der Waals surface area contributed by atoms with Crippen LogP contribution in [0.25, 0.3) is 0 Å². The first-order chi connectivity index (χ1) is 8.25. The molecule has 94 valence electrons. The molecule has 0 heterocycles. The zero-order chi connectivity index (χ0) is 12.1. The van der Waals surface area contributed by atoms with Gasteiger partial charge in [-0.05, 0) is 31.4 Å². The third-order valence-corrected chi connectivity index (χ3v) is 2.87. The van der Waals surface area contributed by atoms with Crippen LogP contribution in [0.5, 0.6) is 5.75 Å². The zero-order valence-electron chi connectivity index (χ0n) is 9.57. The molecule has 4 heteroatoms. The van der Waals surface area contributed by atoms with Gasteiger partial charge < -0.3 is 9.47 Å². The van der Waals surface area contributed by atoms with Crippen LogP contribution in [0.1, 0.15) is 31.3 Å². The molecule has 1 aliphatic rings. The first-order valence-corrected chi connectivity index (χ1v) is 5.88. The van der Waals surface area contributed by atoms with Gasteiger partial charge in [0.05, 0.1) is 12.7 Å². The average molecular weight is 242 g/mol. The second-order valence-corrected chi connectivity index (χ2v) is 4.15. The molecular formula is C13H16F2O2. The van der Waals surface area contributed by atoms with Crippen LogP contribution >= 0.6 is 0 Å². The third kappa shape index (κ3) is 3.66. The van der Waals surface area contributed by atoms with E-state index in [0.717, 1.165) is 12.8 Å². The van der Waals surface area contributed by atoms with Gasteiger partial charge in [-0.3, -0.25) is 0 Å². The summed E-state index contributed by atoms with van der Waals surface area (Å²) in [6, 6.07) is 6.01. The summed E-state index contributed by atoms with van der Waals surface area (Å²) in [6.45, 7) is 0.923. The van der Waals surface area contributed by atoms with Gasteiger partial charge in [-0.1, -0.05) is 12.1 Å². The fourth-order valence-electron chi connectivity index (χ4n) is 1.65. The molecule has 1 aromatic carbocycles. The van der Waals surface area contributed by atoms with Gasteiger partial charge >= 0.3 is 0 Å². The quantitative estimate of drug-likeness (QED) is 0.710. The molecule has 2 rings (SSSR count). The summed E-state index contributed by atoms with van der Waals surface area (Å²) < 4.78 is 35.7. The predicted octanol–water partition coefficient (Wildman–Crippen LogP) is 3.57. The van der Waals surface area contributed by atoms with Crippen LogP contribution in [0.2, 0.25) is 0 Å². The molecular weight excluding hydrogens is 226 g/mol. The van der Waals surface area contributed by atoms with Crippen molar-refractivity contribution in [3.8, 4) is 5.75 Å². The van der Waals surface area contributed by atoms with Gasteiger partial charge in [-0.15, -0.1) is 0 Å². The Kier molecular flexibility index (Phi) is 4.31. The van der Waals surface area contributed by atoms with E-state index < -0.39 is 6.43 Å². The van der Waals surface area contributed by atoms with E-state index in [1.54, 1.807) is 12.1 Å². The van der Waals surface area contributed by atoms with Crippen LogP contribution in [0.3, 0.4) is 0 Å². The molecule has 0 spiro atoms. The molecule has 0 bridgehead atoms. The van der Waals surface area contributed by atoms with Gasteiger partial charge in [0.15, 0.2) is 0 Å². The SMILES string of the molecule is FC(F)c1cccc(OCCOC2CCC2)c1. The second kappa shape index (κ2) is 5.96. The van der Waals surface area contributed by atoms with Crippen molar-refractivity contribution < 1.29 is 18.3 Å². The Morgan fingerprint density at radius 1 is 1.24 bits per heavy atom. The second-order valence-electron chi connectivity index (χ2n) is 4.15. The van der Waals surface area contributed by atoms with Crippen molar-refractivity contribution in [2.45, 2.75) is 31.8 Å². The summed E-state index contributed by atoms with van der Waals surface area (Å²) >= 11 is 0. The van der Waals surface area contributed by atoms with Crippen molar-refractivity contribution >= 4 is 0 Å². The van der Waals surface area contributed by atoms with Crippen molar-refractivity contribution in [1.82, 2.24) is 0 Å². The van der Waals surface area contributed by atoms with Gasteiger partial charge in [0.1, 0.15) is 12.4 Å². The van der Waals surface area contributed by atoms with Crippen molar-refractivity contribution in [3.63, 3.8) is 0 Å². The van der Waals surface area contributed by atoms with Crippen LogP contribution in [0, 0.1) is 0 Å². The van der Waals surface area contributed by atoms with E-state index in [1.807, 2.05) is 0 Å². The van der Waals surface area contributed by atoms with Crippen molar-refractivity contribution in [2.75, 3.05) is 13.2 Å². The van der Waals surface area contributed by atoms with Crippen LogP contribution in [-0.4, -0.2) is 19.3 Å². The van der Waals surface area contributed by atoms with Crippen LogP contribution < -0.4 is 4.74 Å². The number of halogens is 2. The Hall–Kier alpha value is -1.16. The van der Waals surface area contributed by atoms with Crippen molar-refractivity contribution in [1.29, 1.82) is 0 Å². The Morgan fingerprint density at radius 2 is 2.06 bits per heavy atom. The molecule has 1 aliphatic carbocycles. The van der Waals surface area contributed by atoms with E-state index in [9.17, 15) is 8.78 Å². The van der Waals surface area contributed by atoms with Gasteiger partial charge in [0, 0.05) is 5.56 Å². The standard InChI is InChI=1S/C13H16F2O2/c14-13(15)10-3-1-6-12(9-10)17-8-7-16-11-4-2-5-11/h1,3,6,9,11,13H,2,4-5,7-8H2. The molecule has 0 aliphatic heterocycles. The Bertz CT molecular complexity index is 351. The highest BCUT2D eigenvalue weighted by molar-refractivity contribution is 5.29. The molecule has 0 amide bonds. The van der Waals surface area contributed by atoms with E-state index in [-0.39, 0.29) is 5.56 Å². The smallest absolute Gasteiger partial charge is 0.263 e. The van der Waals surface area contributed by atoms with Gasteiger partial charge in [-0.2, -0.15) is 0 Å². The first kappa shape index (κ1) is 12.3.